The lowest BCUT2D eigenvalue weighted by molar-refractivity contribution is -0.137. The zero-order valence-electron chi connectivity index (χ0n) is 17.1. The molecule has 1 aliphatic heterocycles. The first-order valence-corrected chi connectivity index (χ1v) is 9.54. The number of esters is 1. The average Bonchev–Trinajstić information content (AvgIpc) is 3.50. The Bertz CT molecular complexity index is 1270. The van der Waals surface area contributed by atoms with E-state index in [-0.39, 0.29) is 29.4 Å². The van der Waals surface area contributed by atoms with E-state index in [4.69, 9.17) is 4.42 Å². The predicted octanol–water partition coefficient (Wildman–Crippen LogP) is 3.97. The molecule has 1 saturated heterocycles. The zero-order chi connectivity index (χ0) is 23.8. The number of carbonyl (C=O) groups is 3. The molecule has 1 fully saturated rings. The molecule has 0 saturated carbocycles. The van der Waals surface area contributed by atoms with Gasteiger partial charge in [-0.3, -0.25) is 9.69 Å². The van der Waals surface area contributed by atoms with Crippen molar-refractivity contribution in [1.82, 2.24) is 14.8 Å². The number of urea groups is 1. The van der Waals surface area contributed by atoms with Gasteiger partial charge in [-0.05, 0) is 48.5 Å². The summed E-state index contributed by atoms with van der Waals surface area (Å²) >= 11 is 0. The van der Waals surface area contributed by atoms with Gasteiger partial charge in [-0.2, -0.15) is 13.2 Å². The van der Waals surface area contributed by atoms with Crippen molar-refractivity contribution in [2.75, 3.05) is 7.11 Å². The predicted molar refractivity (Wildman–Crippen MR) is 108 cm³/mol. The fourth-order valence-corrected chi connectivity index (χ4v) is 3.27. The molecule has 0 bridgehead atoms. The number of halogens is 3. The standard InChI is InChI=1S/C22H16F3N3O5/c1-32-20(30)18-8-7-16(33-18)12-28-19(29)17(26-21(28)31)11-15-6-3-9-27(15)14-5-2-4-13(10-14)22(23,24)25/h2-11H,12H2,1H3,(H,26,31)/b17-11-. The number of alkyl halides is 3. The number of ether oxygens (including phenoxy) is 1. The van der Waals surface area contributed by atoms with Crippen molar-refractivity contribution in [3.8, 4) is 5.69 Å². The second kappa shape index (κ2) is 8.34. The number of nitrogens with one attached hydrogen (secondary N) is 1. The number of benzene rings is 1. The van der Waals surface area contributed by atoms with Crippen molar-refractivity contribution in [2.45, 2.75) is 12.7 Å². The smallest absolute Gasteiger partial charge is 0.416 e. The summed E-state index contributed by atoms with van der Waals surface area (Å²) in [6.45, 7) is -0.229. The zero-order valence-corrected chi connectivity index (χ0v) is 17.1. The van der Waals surface area contributed by atoms with Crippen molar-refractivity contribution in [3.05, 3.63) is 83.2 Å². The Hall–Kier alpha value is -4.28. The first-order chi connectivity index (χ1) is 15.7. The molecule has 4 rings (SSSR count). The highest BCUT2D eigenvalue weighted by Gasteiger charge is 2.35. The molecule has 0 unspecified atom stereocenters. The highest BCUT2D eigenvalue weighted by atomic mass is 19.4. The monoisotopic (exact) mass is 459 g/mol. The van der Waals surface area contributed by atoms with Gasteiger partial charge in [-0.1, -0.05) is 6.07 Å². The quantitative estimate of drug-likeness (QED) is 0.354. The first kappa shape index (κ1) is 21.9. The molecule has 1 N–H and O–H groups in total. The molecule has 11 heteroatoms. The molecule has 3 amide bonds. The molecule has 33 heavy (non-hydrogen) atoms. The van der Waals surface area contributed by atoms with Crippen molar-refractivity contribution in [2.24, 2.45) is 0 Å². The van der Waals surface area contributed by atoms with Crippen LogP contribution in [0.15, 0.2) is 64.8 Å². The van der Waals surface area contributed by atoms with E-state index in [1.807, 2.05) is 0 Å². The van der Waals surface area contributed by atoms with Crippen LogP contribution in [0, 0.1) is 0 Å². The van der Waals surface area contributed by atoms with Crippen LogP contribution in [-0.4, -0.2) is 34.5 Å². The number of carbonyl (C=O) groups excluding carboxylic acids is 3. The molecule has 2 aromatic heterocycles. The fourth-order valence-electron chi connectivity index (χ4n) is 3.27. The Morgan fingerprint density at radius 3 is 2.67 bits per heavy atom. The molecular formula is C22H16F3N3O5. The van der Waals surface area contributed by atoms with Crippen LogP contribution in [0.4, 0.5) is 18.0 Å². The Kier molecular flexibility index (Phi) is 5.54. The Balaban J connectivity index is 1.57. The molecular weight excluding hydrogens is 443 g/mol. The van der Waals surface area contributed by atoms with Gasteiger partial charge >= 0.3 is 18.2 Å². The van der Waals surface area contributed by atoms with Crippen LogP contribution in [0.2, 0.25) is 0 Å². The molecule has 0 radical (unpaired) electrons. The number of hydrogen-bond acceptors (Lipinski definition) is 5. The van der Waals surface area contributed by atoms with Gasteiger partial charge in [0.1, 0.15) is 11.5 Å². The largest absolute Gasteiger partial charge is 0.463 e. The van der Waals surface area contributed by atoms with E-state index in [0.29, 0.717) is 5.69 Å². The van der Waals surface area contributed by atoms with Crippen molar-refractivity contribution >= 4 is 24.0 Å². The van der Waals surface area contributed by atoms with Crippen LogP contribution in [0.25, 0.3) is 11.8 Å². The summed E-state index contributed by atoms with van der Waals surface area (Å²) in [4.78, 5) is 37.5. The van der Waals surface area contributed by atoms with E-state index in [2.05, 4.69) is 10.1 Å². The maximum absolute atomic E-state index is 13.1. The van der Waals surface area contributed by atoms with Gasteiger partial charge in [0.2, 0.25) is 5.76 Å². The molecule has 170 valence electrons. The number of imide groups is 1. The Morgan fingerprint density at radius 1 is 1.15 bits per heavy atom. The van der Waals surface area contributed by atoms with E-state index in [9.17, 15) is 27.6 Å². The second-order valence-corrected chi connectivity index (χ2v) is 6.99. The molecule has 0 spiro atoms. The van der Waals surface area contributed by atoms with Crippen LogP contribution in [-0.2, 0) is 22.3 Å². The van der Waals surface area contributed by atoms with E-state index in [1.165, 1.54) is 48.2 Å². The lowest BCUT2D eigenvalue weighted by atomic mass is 10.2. The summed E-state index contributed by atoms with van der Waals surface area (Å²) in [5.74, 6) is -1.25. The van der Waals surface area contributed by atoms with Gasteiger partial charge in [-0.15, -0.1) is 0 Å². The second-order valence-electron chi connectivity index (χ2n) is 6.99. The van der Waals surface area contributed by atoms with E-state index < -0.39 is 29.6 Å². The SMILES string of the molecule is COC(=O)c1ccc(CN2C(=O)N/C(=C\c3cccn3-c3cccc(C(F)(F)F)c3)C2=O)o1. The minimum atomic E-state index is -4.50. The lowest BCUT2D eigenvalue weighted by Crippen LogP contribution is -2.30. The van der Waals surface area contributed by atoms with Crippen LogP contribution in [0.3, 0.4) is 0 Å². The number of aromatic nitrogens is 1. The molecule has 1 aromatic carbocycles. The maximum atomic E-state index is 13.1. The third-order valence-corrected chi connectivity index (χ3v) is 4.85. The molecule has 0 atom stereocenters. The van der Waals surface area contributed by atoms with E-state index >= 15 is 0 Å². The average molecular weight is 459 g/mol. The Labute approximate surface area is 184 Å². The summed E-state index contributed by atoms with van der Waals surface area (Å²) in [5, 5.41) is 2.44. The topological polar surface area (TPSA) is 93.8 Å². The highest BCUT2D eigenvalue weighted by Crippen LogP contribution is 2.31. The number of rotatable bonds is 5. The third-order valence-electron chi connectivity index (χ3n) is 4.85. The third kappa shape index (κ3) is 4.38. The normalized spacial score (nSPS) is 15.3. The van der Waals surface area contributed by atoms with Crippen molar-refractivity contribution in [1.29, 1.82) is 0 Å². The van der Waals surface area contributed by atoms with Gasteiger partial charge in [0.15, 0.2) is 0 Å². The Morgan fingerprint density at radius 2 is 1.94 bits per heavy atom. The first-order valence-electron chi connectivity index (χ1n) is 9.54. The van der Waals surface area contributed by atoms with Gasteiger partial charge in [0.05, 0.1) is 19.2 Å². The maximum Gasteiger partial charge on any atom is 0.416 e. The number of nitrogens with zero attached hydrogens (tertiary/aromatic N) is 2. The molecule has 3 heterocycles. The summed E-state index contributed by atoms with van der Waals surface area (Å²) in [7, 11) is 1.19. The van der Waals surface area contributed by atoms with E-state index in [0.717, 1.165) is 17.0 Å². The van der Waals surface area contributed by atoms with Gasteiger partial charge in [0, 0.05) is 17.6 Å². The van der Waals surface area contributed by atoms with Crippen LogP contribution in [0.5, 0.6) is 0 Å². The van der Waals surface area contributed by atoms with Gasteiger partial charge in [-0.25, -0.2) is 9.59 Å². The number of methoxy groups -OCH3 is 1. The summed E-state index contributed by atoms with van der Waals surface area (Å²) in [6.07, 6.45) is -1.60. The minimum Gasteiger partial charge on any atom is -0.463 e. The number of hydrogen-bond donors (Lipinski definition) is 1. The molecule has 0 aliphatic carbocycles. The van der Waals surface area contributed by atoms with Crippen LogP contribution < -0.4 is 5.32 Å². The van der Waals surface area contributed by atoms with Crippen molar-refractivity contribution in [3.63, 3.8) is 0 Å². The molecule has 8 nitrogen and oxygen atoms in total. The fraction of sp³-hybridized carbons (Fsp3) is 0.136. The summed E-state index contributed by atoms with van der Waals surface area (Å²) in [6, 6.07) is 10.0. The summed E-state index contributed by atoms with van der Waals surface area (Å²) in [5.41, 5.74) is -0.257. The van der Waals surface area contributed by atoms with Crippen LogP contribution >= 0.6 is 0 Å². The number of amides is 3. The summed E-state index contributed by atoms with van der Waals surface area (Å²) < 4.78 is 50.5. The number of furan rings is 1. The lowest BCUT2D eigenvalue weighted by Gasteiger charge is -2.11. The highest BCUT2D eigenvalue weighted by molar-refractivity contribution is 6.13. The minimum absolute atomic E-state index is 0.0633. The molecule has 1 aliphatic rings. The van der Waals surface area contributed by atoms with Crippen molar-refractivity contribution < 1.29 is 36.7 Å². The van der Waals surface area contributed by atoms with Gasteiger partial charge < -0.3 is 19.0 Å². The van der Waals surface area contributed by atoms with Gasteiger partial charge in [0.25, 0.3) is 5.91 Å². The molecule has 3 aromatic rings. The van der Waals surface area contributed by atoms with E-state index in [1.54, 1.807) is 12.1 Å². The van der Waals surface area contributed by atoms with Crippen LogP contribution in [0.1, 0.15) is 27.6 Å².